The largest absolute Gasteiger partial charge is 0.423 e. The van der Waals surface area contributed by atoms with Crippen molar-refractivity contribution in [3.63, 3.8) is 0 Å². The minimum absolute atomic E-state index is 0.249. The SMILES string of the molecule is CC1(C)C(Nc2nc3c(N)cccc3o2)C1(C)C. The number of hydrogen-bond donors (Lipinski definition) is 2. The van der Waals surface area contributed by atoms with Crippen LogP contribution in [0.2, 0.25) is 0 Å². The van der Waals surface area contributed by atoms with E-state index in [0.29, 0.717) is 17.7 Å². The molecule has 1 aromatic carbocycles. The van der Waals surface area contributed by atoms with Crippen molar-refractivity contribution in [2.75, 3.05) is 11.1 Å². The van der Waals surface area contributed by atoms with Crippen LogP contribution in [0.15, 0.2) is 22.6 Å². The van der Waals surface area contributed by atoms with Crippen molar-refractivity contribution in [1.29, 1.82) is 0 Å². The summed E-state index contributed by atoms with van der Waals surface area (Å²) < 4.78 is 5.68. The Morgan fingerprint density at radius 3 is 2.44 bits per heavy atom. The third-order valence-electron chi connectivity index (χ3n) is 4.74. The second kappa shape index (κ2) is 3.19. The molecule has 0 spiro atoms. The van der Waals surface area contributed by atoms with E-state index in [-0.39, 0.29) is 10.8 Å². The van der Waals surface area contributed by atoms with Gasteiger partial charge in [-0.15, -0.1) is 0 Å². The molecule has 1 heterocycles. The molecule has 3 rings (SSSR count). The summed E-state index contributed by atoms with van der Waals surface area (Å²) in [6.07, 6.45) is 0. The first-order valence-corrected chi connectivity index (χ1v) is 6.25. The molecule has 18 heavy (non-hydrogen) atoms. The fourth-order valence-corrected chi connectivity index (χ4v) is 2.71. The van der Waals surface area contributed by atoms with Crippen LogP contribution in [0.5, 0.6) is 0 Å². The summed E-state index contributed by atoms with van der Waals surface area (Å²) in [5, 5.41) is 3.38. The van der Waals surface area contributed by atoms with Gasteiger partial charge < -0.3 is 15.5 Å². The van der Waals surface area contributed by atoms with Crippen LogP contribution >= 0.6 is 0 Å². The van der Waals surface area contributed by atoms with Gasteiger partial charge in [-0.3, -0.25) is 0 Å². The zero-order chi connectivity index (χ0) is 13.1. The van der Waals surface area contributed by atoms with Crippen molar-refractivity contribution in [3.05, 3.63) is 18.2 Å². The number of nitrogens with two attached hydrogens (primary N) is 1. The Kier molecular flexibility index (Phi) is 2.02. The number of oxazole rings is 1. The van der Waals surface area contributed by atoms with Crippen molar-refractivity contribution >= 4 is 22.8 Å². The molecule has 1 saturated carbocycles. The van der Waals surface area contributed by atoms with E-state index in [0.717, 1.165) is 11.1 Å². The number of nitrogens with zero attached hydrogens (tertiary/aromatic N) is 1. The maximum Gasteiger partial charge on any atom is 0.296 e. The van der Waals surface area contributed by atoms with E-state index < -0.39 is 0 Å². The van der Waals surface area contributed by atoms with Crippen molar-refractivity contribution < 1.29 is 4.42 Å². The van der Waals surface area contributed by atoms with Gasteiger partial charge in [-0.05, 0) is 23.0 Å². The Bertz CT molecular complexity index is 599. The minimum Gasteiger partial charge on any atom is -0.423 e. The van der Waals surface area contributed by atoms with Crippen LogP contribution in [-0.2, 0) is 0 Å². The Hall–Kier alpha value is -1.71. The lowest BCUT2D eigenvalue weighted by atomic mass is 10.0. The average molecular weight is 245 g/mol. The van der Waals surface area contributed by atoms with Gasteiger partial charge >= 0.3 is 0 Å². The maximum absolute atomic E-state index is 5.87. The van der Waals surface area contributed by atoms with Gasteiger partial charge in [-0.2, -0.15) is 4.98 Å². The Morgan fingerprint density at radius 1 is 1.22 bits per heavy atom. The summed E-state index contributed by atoms with van der Waals surface area (Å²) in [4.78, 5) is 4.42. The molecule has 1 aliphatic rings. The van der Waals surface area contributed by atoms with Gasteiger partial charge in [-0.25, -0.2) is 0 Å². The second-order valence-electron chi connectivity index (χ2n) is 6.23. The van der Waals surface area contributed by atoms with Crippen molar-refractivity contribution in [2.24, 2.45) is 10.8 Å². The van der Waals surface area contributed by atoms with E-state index >= 15 is 0 Å². The van der Waals surface area contributed by atoms with Crippen LogP contribution in [0.25, 0.3) is 11.1 Å². The zero-order valence-corrected chi connectivity index (χ0v) is 11.2. The first-order chi connectivity index (χ1) is 8.34. The predicted molar refractivity (Wildman–Crippen MR) is 73.4 cm³/mol. The number of nitrogen functional groups attached to an aromatic ring is 1. The van der Waals surface area contributed by atoms with Crippen LogP contribution in [-0.4, -0.2) is 11.0 Å². The lowest BCUT2D eigenvalue weighted by molar-refractivity contribution is 0.457. The molecule has 1 fully saturated rings. The molecule has 4 heteroatoms. The summed E-state index contributed by atoms with van der Waals surface area (Å²) in [6, 6.07) is 6.52. The number of fused-ring (bicyclic) bond motifs is 1. The first-order valence-electron chi connectivity index (χ1n) is 6.25. The van der Waals surface area contributed by atoms with Crippen LogP contribution in [0.4, 0.5) is 11.7 Å². The van der Waals surface area contributed by atoms with E-state index in [1.165, 1.54) is 0 Å². The molecule has 0 saturated heterocycles. The van der Waals surface area contributed by atoms with Gasteiger partial charge in [0.2, 0.25) is 0 Å². The van der Waals surface area contributed by atoms with E-state index in [9.17, 15) is 0 Å². The van der Waals surface area contributed by atoms with Gasteiger partial charge in [0.1, 0.15) is 5.52 Å². The molecule has 0 aliphatic heterocycles. The standard InChI is InChI=1S/C14H19N3O/c1-13(2)11(14(13,3)4)17-12-16-10-8(15)6-5-7-9(10)18-12/h5-7,11H,15H2,1-4H3,(H,16,17). The fourth-order valence-electron chi connectivity index (χ4n) is 2.71. The average Bonchev–Trinajstić information content (AvgIpc) is 2.67. The number of anilines is 2. The molecule has 0 amide bonds. The molecule has 96 valence electrons. The number of aromatic nitrogens is 1. The highest BCUT2D eigenvalue weighted by atomic mass is 16.4. The van der Waals surface area contributed by atoms with Crippen LogP contribution in [0.1, 0.15) is 27.7 Å². The first kappa shape index (κ1) is 11.4. The molecule has 0 atom stereocenters. The number of para-hydroxylation sites is 1. The Labute approximate surface area is 107 Å². The molecule has 0 unspecified atom stereocenters. The van der Waals surface area contributed by atoms with Gasteiger partial charge in [0, 0.05) is 6.04 Å². The Morgan fingerprint density at radius 2 is 1.89 bits per heavy atom. The number of hydrogen-bond acceptors (Lipinski definition) is 4. The molecule has 1 aliphatic carbocycles. The van der Waals surface area contributed by atoms with E-state index in [1.807, 2.05) is 18.2 Å². The molecule has 3 N–H and O–H groups in total. The molecular weight excluding hydrogens is 226 g/mol. The smallest absolute Gasteiger partial charge is 0.296 e. The normalized spacial score (nSPS) is 21.1. The third kappa shape index (κ3) is 1.35. The Balaban J connectivity index is 1.91. The number of nitrogens with one attached hydrogen (secondary N) is 1. The van der Waals surface area contributed by atoms with Crippen molar-refractivity contribution in [2.45, 2.75) is 33.7 Å². The van der Waals surface area contributed by atoms with Crippen LogP contribution < -0.4 is 11.1 Å². The van der Waals surface area contributed by atoms with Crippen molar-refractivity contribution in [3.8, 4) is 0 Å². The van der Waals surface area contributed by atoms with E-state index in [2.05, 4.69) is 38.0 Å². The summed E-state index contributed by atoms with van der Waals surface area (Å²) in [5.41, 5.74) is 8.49. The monoisotopic (exact) mass is 245 g/mol. The van der Waals surface area contributed by atoms with Crippen LogP contribution in [0, 0.1) is 10.8 Å². The van der Waals surface area contributed by atoms with Gasteiger partial charge in [0.25, 0.3) is 6.01 Å². The summed E-state index contributed by atoms with van der Waals surface area (Å²) in [5.74, 6) is 0. The van der Waals surface area contributed by atoms with E-state index in [4.69, 9.17) is 10.2 Å². The fraction of sp³-hybridized carbons (Fsp3) is 0.500. The molecule has 2 aromatic rings. The summed E-state index contributed by atoms with van der Waals surface area (Å²) >= 11 is 0. The topological polar surface area (TPSA) is 64.1 Å². The van der Waals surface area contributed by atoms with Gasteiger partial charge in [-0.1, -0.05) is 33.8 Å². The van der Waals surface area contributed by atoms with Crippen LogP contribution in [0.3, 0.4) is 0 Å². The third-order valence-corrected chi connectivity index (χ3v) is 4.74. The maximum atomic E-state index is 5.87. The lowest BCUT2D eigenvalue weighted by Gasteiger charge is -2.02. The lowest BCUT2D eigenvalue weighted by Crippen LogP contribution is -2.10. The summed E-state index contributed by atoms with van der Waals surface area (Å²) in [7, 11) is 0. The minimum atomic E-state index is 0.249. The summed E-state index contributed by atoms with van der Waals surface area (Å²) in [6.45, 7) is 9.01. The quantitative estimate of drug-likeness (QED) is 0.797. The highest BCUT2D eigenvalue weighted by Gasteiger charge is 2.65. The highest BCUT2D eigenvalue weighted by Crippen LogP contribution is 2.63. The molecule has 1 aromatic heterocycles. The molecular formula is C14H19N3O. The number of benzene rings is 1. The second-order valence-corrected chi connectivity index (χ2v) is 6.23. The molecule has 0 radical (unpaired) electrons. The zero-order valence-electron chi connectivity index (χ0n) is 11.2. The predicted octanol–water partition coefficient (Wildman–Crippen LogP) is 3.26. The van der Waals surface area contributed by atoms with E-state index in [1.54, 1.807) is 0 Å². The molecule has 4 nitrogen and oxygen atoms in total. The van der Waals surface area contributed by atoms with Gasteiger partial charge in [0.15, 0.2) is 5.58 Å². The number of rotatable bonds is 2. The molecule has 0 bridgehead atoms. The highest BCUT2D eigenvalue weighted by molar-refractivity contribution is 5.86. The van der Waals surface area contributed by atoms with Crippen molar-refractivity contribution in [1.82, 2.24) is 4.98 Å². The van der Waals surface area contributed by atoms with Gasteiger partial charge in [0.05, 0.1) is 5.69 Å².